The molecule has 0 radical (unpaired) electrons. The molecule has 5 nitrogen and oxygen atoms in total. The molecule has 1 saturated heterocycles. The lowest BCUT2D eigenvalue weighted by Crippen LogP contribution is -2.47. The Morgan fingerprint density at radius 3 is 2.35 bits per heavy atom. The summed E-state index contributed by atoms with van der Waals surface area (Å²) in [5, 5.41) is 2.97. The Bertz CT molecular complexity index is 680. The van der Waals surface area contributed by atoms with E-state index in [2.05, 4.69) is 27.2 Å². The predicted molar refractivity (Wildman–Crippen MR) is 106 cm³/mol. The van der Waals surface area contributed by atoms with E-state index in [0.717, 1.165) is 50.6 Å². The molecule has 3 rings (SSSR count). The third kappa shape index (κ3) is 5.31. The van der Waals surface area contributed by atoms with Gasteiger partial charge in [0.2, 0.25) is 5.91 Å². The van der Waals surface area contributed by atoms with Gasteiger partial charge >= 0.3 is 0 Å². The normalized spacial score (nSPS) is 15.0. The number of anilines is 2. The molecule has 2 aromatic rings. The van der Waals surface area contributed by atoms with Crippen LogP contribution in [0.2, 0.25) is 0 Å². The summed E-state index contributed by atoms with van der Waals surface area (Å²) in [6.07, 6.45) is 0.395. The number of rotatable bonds is 7. The first kappa shape index (κ1) is 18.4. The molecule has 138 valence electrons. The van der Waals surface area contributed by atoms with Crippen LogP contribution in [0.5, 0.6) is 0 Å². The topological polar surface area (TPSA) is 44.8 Å². The molecule has 0 unspecified atom stereocenters. The highest BCUT2D eigenvalue weighted by Gasteiger charge is 2.16. The van der Waals surface area contributed by atoms with Crippen LogP contribution in [0.4, 0.5) is 11.4 Å². The van der Waals surface area contributed by atoms with E-state index in [4.69, 9.17) is 4.74 Å². The lowest BCUT2D eigenvalue weighted by atomic mass is 10.1. The SMILES string of the molecule is COCCN1CCN(c2ccc(NC(=O)Cc3ccccc3)cc2)CC1. The molecule has 2 aromatic carbocycles. The Morgan fingerprint density at radius 1 is 1.00 bits per heavy atom. The van der Waals surface area contributed by atoms with Gasteiger partial charge in [-0.25, -0.2) is 0 Å². The van der Waals surface area contributed by atoms with Crippen molar-refractivity contribution < 1.29 is 9.53 Å². The van der Waals surface area contributed by atoms with Gasteiger partial charge in [0.15, 0.2) is 0 Å². The number of carbonyl (C=O) groups excluding carboxylic acids is 1. The number of hydrogen-bond donors (Lipinski definition) is 1. The first-order valence-corrected chi connectivity index (χ1v) is 9.14. The van der Waals surface area contributed by atoms with Crippen LogP contribution in [-0.2, 0) is 16.0 Å². The maximum atomic E-state index is 12.2. The van der Waals surface area contributed by atoms with Crippen molar-refractivity contribution in [2.24, 2.45) is 0 Å². The summed E-state index contributed by atoms with van der Waals surface area (Å²) >= 11 is 0. The second-order valence-electron chi connectivity index (χ2n) is 6.58. The summed E-state index contributed by atoms with van der Waals surface area (Å²) in [4.78, 5) is 17.0. The van der Waals surface area contributed by atoms with Gasteiger partial charge in [0.25, 0.3) is 0 Å². The first-order chi connectivity index (χ1) is 12.7. The van der Waals surface area contributed by atoms with Gasteiger partial charge in [0.1, 0.15) is 0 Å². The van der Waals surface area contributed by atoms with Crippen molar-refractivity contribution in [2.45, 2.75) is 6.42 Å². The van der Waals surface area contributed by atoms with Crippen LogP contribution >= 0.6 is 0 Å². The molecule has 1 aliphatic heterocycles. The van der Waals surface area contributed by atoms with E-state index >= 15 is 0 Å². The maximum absolute atomic E-state index is 12.2. The van der Waals surface area contributed by atoms with Crippen molar-refractivity contribution in [3.05, 3.63) is 60.2 Å². The highest BCUT2D eigenvalue weighted by molar-refractivity contribution is 5.92. The van der Waals surface area contributed by atoms with Crippen LogP contribution < -0.4 is 10.2 Å². The number of piperazine rings is 1. The summed E-state index contributed by atoms with van der Waals surface area (Å²) in [5.74, 6) is 0.00991. The summed E-state index contributed by atoms with van der Waals surface area (Å²) in [6, 6.07) is 17.9. The third-order valence-corrected chi connectivity index (χ3v) is 4.71. The number of nitrogens with one attached hydrogen (secondary N) is 1. The Labute approximate surface area is 155 Å². The fraction of sp³-hybridized carbons (Fsp3) is 0.381. The van der Waals surface area contributed by atoms with E-state index < -0.39 is 0 Å². The van der Waals surface area contributed by atoms with Crippen molar-refractivity contribution in [3.63, 3.8) is 0 Å². The van der Waals surface area contributed by atoms with E-state index in [0.29, 0.717) is 6.42 Å². The minimum absolute atomic E-state index is 0.00991. The molecule has 1 fully saturated rings. The van der Waals surface area contributed by atoms with Gasteiger partial charge in [-0.1, -0.05) is 30.3 Å². The minimum Gasteiger partial charge on any atom is -0.383 e. The maximum Gasteiger partial charge on any atom is 0.228 e. The number of benzene rings is 2. The van der Waals surface area contributed by atoms with E-state index in [1.807, 2.05) is 42.5 Å². The van der Waals surface area contributed by atoms with Crippen molar-refractivity contribution in [1.29, 1.82) is 0 Å². The highest BCUT2D eigenvalue weighted by atomic mass is 16.5. The fourth-order valence-corrected chi connectivity index (χ4v) is 3.19. The lowest BCUT2D eigenvalue weighted by molar-refractivity contribution is -0.115. The smallest absolute Gasteiger partial charge is 0.228 e. The summed E-state index contributed by atoms with van der Waals surface area (Å²) < 4.78 is 5.15. The number of amides is 1. The predicted octanol–water partition coefficient (Wildman–Crippen LogP) is 2.64. The Morgan fingerprint density at radius 2 is 1.69 bits per heavy atom. The van der Waals surface area contributed by atoms with Crippen molar-refractivity contribution in [2.75, 3.05) is 56.7 Å². The van der Waals surface area contributed by atoms with Crippen molar-refractivity contribution in [3.8, 4) is 0 Å². The van der Waals surface area contributed by atoms with Gasteiger partial charge in [-0.3, -0.25) is 9.69 Å². The van der Waals surface area contributed by atoms with Gasteiger partial charge in [0.05, 0.1) is 13.0 Å². The van der Waals surface area contributed by atoms with Gasteiger partial charge in [-0.05, 0) is 29.8 Å². The van der Waals surface area contributed by atoms with E-state index in [1.165, 1.54) is 5.69 Å². The second-order valence-corrected chi connectivity index (χ2v) is 6.58. The van der Waals surface area contributed by atoms with Gasteiger partial charge in [-0.15, -0.1) is 0 Å². The van der Waals surface area contributed by atoms with Crippen LogP contribution in [-0.4, -0.2) is 57.2 Å². The van der Waals surface area contributed by atoms with Crippen LogP contribution in [0, 0.1) is 0 Å². The highest BCUT2D eigenvalue weighted by Crippen LogP contribution is 2.19. The molecule has 1 amide bonds. The summed E-state index contributed by atoms with van der Waals surface area (Å²) in [7, 11) is 1.75. The largest absolute Gasteiger partial charge is 0.383 e. The van der Waals surface area contributed by atoms with E-state index in [9.17, 15) is 4.79 Å². The molecule has 1 aliphatic rings. The lowest BCUT2D eigenvalue weighted by Gasteiger charge is -2.36. The van der Waals surface area contributed by atoms with Gasteiger partial charge in [-0.2, -0.15) is 0 Å². The molecular formula is C21H27N3O2. The number of carbonyl (C=O) groups is 1. The second kappa shape index (κ2) is 9.36. The first-order valence-electron chi connectivity index (χ1n) is 9.14. The molecule has 0 aliphatic carbocycles. The van der Waals surface area contributed by atoms with Crippen LogP contribution in [0.25, 0.3) is 0 Å². The van der Waals surface area contributed by atoms with E-state index in [-0.39, 0.29) is 5.91 Å². The zero-order valence-corrected chi connectivity index (χ0v) is 15.4. The van der Waals surface area contributed by atoms with Crippen LogP contribution in [0.3, 0.4) is 0 Å². The Kier molecular flexibility index (Phi) is 6.63. The molecule has 5 heteroatoms. The monoisotopic (exact) mass is 353 g/mol. The molecule has 0 atom stereocenters. The molecule has 26 heavy (non-hydrogen) atoms. The number of hydrogen-bond acceptors (Lipinski definition) is 4. The molecule has 1 N–H and O–H groups in total. The molecular weight excluding hydrogens is 326 g/mol. The number of nitrogens with zero attached hydrogens (tertiary/aromatic N) is 2. The van der Waals surface area contributed by atoms with Crippen LogP contribution in [0.1, 0.15) is 5.56 Å². The molecule has 0 spiro atoms. The van der Waals surface area contributed by atoms with Crippen LogP contribution in [0.15, 0.2) is 54.6 Å². The fourth-order valence-electron chi connectivity index (χ4n) is 3.19. The molecule has 0 aromatic heterocycles. The molecule has 1 heterocycles. The number of methoxy groups -OCH3 is 1. The van der Waals surface area contributed by atoms with Gasteiger partial charge in [0, 0.05) is 51.2 Å². The Hall–Kier alpha value is -2.37. The summed E-state index contributed by atoms with van der Waals surface area (Å²) in [6.45, 7) is 5.93. The summed E-state index contributed by atoms with van der Waals surface area (Å²) in [5.41, 5.74) is 3.07. The van der Waals surface area contributed by atoms with Crippen molar-refractivity contribution >= 4 is 17.3 Å². The van der Waals surface area contributed by atoms with E-state index in [1.54, 1.807) is 7.11 Å². The van der Waals surface area contributed by atoms with Crippen molar-refractivity contribution in [1.82, 2.24) is 4.90 Å². The minimum atomic E-state index is 0.00991. The zero-order chi connectivity index (χ0) is 18.2. The quantitative estimate of drug-likeness (QED) is 0.831. The zero-order valence-electron chi connectivity index (χ0n) is 15.4. The third-order valence-electron chi connectivity index (χ3n) is 4.71. The Balaban J connectivity index is 1.48. The molecule has 0 saturated carbocycles. The average Bonchev–Trinajstić information content (AvgIpc) is 2.68. The standard InChI is InChI=1S/C21H27N3O2/c1-26-16-15-23-11-13-24(14-12-23)20-9-7-19(8-10-20)22-21(25)17-18-5-3-2-4-6-18/h2-10H,11-17H2,1H3,(H,22,25). The average molecular weight is 353 g/mol. The van der Waals surface area contributed by atoms with Gasteiger partial charge < -0.3 is 15.0 Å². The number of ether oxygens (including phenoxy) is 1. The molecule has 0 bridgehead atoms.